The summed E-state index contributed by atoms with van der Waals surface area (Å²) in [5, 5.41) is 4.47. The Balaban J connectivity index is 2.21. The Morgan fingerprint density at radius 3 is 2.35 bits per heavy atom. The second-order valence-corrected chi connectivity index (χ2v) is 5.24. The average Bonchev–Trinajstić information content (AvgIpc) is 2.73. The van der Waals surface area contributed by atoms with E-state index in [1.165, 1.54) is 11.1 Å². The molecule has 1 aromatic carbocycles. The van der Waals surface area contributed by atoms with Crippen molar-refractivity contribution in [3.05, 3.63) is 46.6 Å². The number of aromatic nitrogens is 2. The highest BCUT2D eigenvalue weighted by molar-refractivity contribution is 5.50. The molecule has 0 aliphatic heterocycles. The second kappa shape index (κ2) is 6.09. The van der Waals surface area contributed by atoms with Gasteiger partial charge in [0.15, 0.2) is 0 Å². The van der Waals surface area contributed by atoms with Crippen molar-refractivity contribution in [2.45, 2.75) is 33.4 Å². The summed E-state index contributed by atoms with van der Waals surface area (Å²) in [6, 6.07) is 8.78. The molecule has 2 rings (SSSR count). The second-order valence-electron chi connectivity index (χ2n) is 5.24. The van der Waals surface area contributed by atoms with Gasteiger partial charge in [-0.1, -0.05) is 31.2 Å². The van der Waals surface area contributed by atoms with Gasteiger partial charge in [0, 0.05) is 32.7 Å². The van der Waals surface area contributed by atoms with Crippen LogP contribution in [0.3, 0.4) is 0 Å². The lowest BCUT2D eigenvalue weighted by atomic mass is 10.1. The third kappa shape index (κ3) is 2.85. The van der Waals surface area contributed by atoms with Crippen LogP contribution in [0.1, 0.15) is 29.3 Å². The van der Waals surface area contributed by atoms with Gasteiger partial charge in [-0.2, -0.15) is 5.10 Å². The number of aryl methyl sites for hydroxylation is 3. The average molecular weight is 272 g/mol. The molecule has 0 fully saturated rings. The first-order valence-electron chi connectivity index (χ1n) is 7.08. The monoisotopic (exact) mass is 272 g/mol. The molecular weight excluding hydrogens is 248 g/mol. The van der Waals surface area contributed by atoms with Gasteiger partial charge in [0.2, 0.25) is 0 Å². The quantitative estimate of drug-likeness (QED) is 0.909. The zero-order valence-corrected chi connectivity index (χ0v) is 12.8. The highest BCUT2D eigenvalue weighted by Crippen LogP contribution is 2.23. The maximum absolute atomic E-state index is 5.85. The van der Waals surface area contributed by atoms with Gasteiger partial charge in [-0.15, -0.1) is 0 Å². The zero-order chi connectivity index (χ0) is 14.7. The Hall–Kier alpha value is -1.81. The molecular formula is C16H24N4. The fraction of sp³-hybridized carbons (Fsp3) is 0.438. The van der Waals surface area contributed by atoms with Crippen molar-refractivity contribution in [1.29, 1.82) is 0 Å². The summed E-state index contributed by atoms with van der Waals surface area (Å²) in [5.41, 5.74) is 10.7. The molecule has 0 saturated carbocycles. The molecule has 0 aliphatic rings. The molecule has 1 aromatic heterocycles. The number of nitrogens with zero attached hydrogens (tertiary/aromatic N) is 3. The molecule has 108 valence electrons. The van der Waals surface area contributed by atoms with Gasteiger partial charge in [0.25, 0.3) is 0 Å². The molecule has 0 bridgehead atoms. The maximum Gasteiger partial charge on any atom is 0.131 e. The van der Waals surface area contributed by atoms with Crippen LogP contribution >= 0.6 is 0 Å². The normalized spacial score (nSPS) is 10.8. The summed E-state index contributed by atoms with van der Waals surface area (Å²) in [4.78, 5) is 2.21. The van der Waals surface area contributed by atoms with E-state index in [9.17, 15) is 0 Å². The van der Waals surface area contributed by atoms with Gasteiger partial charge in [-0.05, 0) is 24.5 Å². The first-order valence-corrected chi connectivity index (χ1v) is 7.08. The number of anilines is 1. The van der Waals surface area contributed by atoms with E-state index in [-0.39, 0.29) is 0 Å². The predicted molar refractivity (Wildman–Crippen MR) is 83.8 cm³/mol. The molecule has 2 aromatic rings. The van der Waals surface area contributed by atoms with Crippen molar-refractivity contribution in [2.24, 2.45) is 12.8 Å². The van der Waals surface area contributed by atoms with E-state index in [4.69, 9.17) is 5.73 Å². The van der Waals surface area contributed by atoms with E-state index in [0.717, 1.165) is 30.0 Å². The predicted octanol–water partition coefficient (Wildman–Crippen LogP) is 2.39. The number of benzene rings is 1. The highest BCUT2D eigenvalue weighted by atomic mass is 15.4. The van der Waals surface area contributed by atoms with E-state index in [1.54, 1.807) is 0 Å². The van der Waals surface area contributed by atoms with Crippen LogP contribution in [0.2, 0.25) is 0 Å². The fourth-order valence-electron chi connectivity index (χ4n) is 2.64. The van der Waals surface area contributed by atoms with Crippen molar-refractivity contribution in [2.75, 3.05) is 11.9 Å². The number of nitrogens with two attached hydrogens (primary N) is 1. The molecule has 0 saturated heterocycles. The minimum atomic E-state index is 0.522. The standard InChI is InChI=1S/C16H24N4/c1-5-13-6-8-14(9-7-13)11-19(3)16-15(10-17)12(2)18-20(16)4/h6-9H,5,10-11,17H2,1-4H3. The summed E-state index contributed by atoms with van der Waals surface area (Å²) < 4.78 is 1.91. The van der Waals surface area contributed by atoms with Gasteiger partial charge in [0.05, 0.1) is 5.69 Å². The summed E-state index contributed by atoms with van der Waals surface area (Å²) in [6.45, 7) is 5.56. The lowest BCUT2D eigenvalue weighted by Gasteiger charge is -2.21. The highest BCUT2D eigenvalue weighted by Gasteiger charge is 2.15. The molecule has 0 amide bonds. The number of hydrogen-bond acceptors (Lipinski definition) is 3. The first-order chi connectivity index (χ1) is 9.56. The number of rotatable bonds is 5. The lowest BCUT2D eigenvalue weighted by molar-refractivity contribution is 0.725. The molecule has 4 heteroatoms. The minimum absolute atomic E-state index is 0.522. The van der Waals surface area contributed by atoms with E-state index < -0.39 is 0 Å². The Labute approximate surface area is 121 Å². The van der Waals surface area contributed by atoms with Crippen LogP contribution < -0.4 is 10.6 Å². The van der Waals surface area contributed by atoms with Crippen molar-refractivity contribution < 1.29 is 0 Å². The summed E-state index contributed by atoms with van der Waals surface area (Å²) in [7, 11) is 4.06. The van der Waals surface area contributed by atoms with Gasteiger partial charge in [0.1, 0.15) is 5.82 Å². The third-order valence-corrected chi connectivity index (χ3v) is 3.73. The zero-order valence-electron chi connectivity index (χ0n) is 12.8. The van der Waals surface area contributed by atoms with Crippen molar-refractivity contribution in [1.82, 2.24) is 9.78 Å². The van der Waals surface area contributed by atoms with Gasteiger partial charge < -0.3 is 10.6 Å². The van der Waals surface area contributed by atoms with Gasteiger partial charge >= 0.3 is 0 Å². The number of hydrogen-bond donors (Lipinski definition) is 1. The largest absolute Gasteiger partial charge is 0.355 e. The molecule has 20 heavy (non-hydrogen) atoms. The van der Waals surface area contributed by atoms with E-state index in [2.05, 4.69) is 48.2 Å². The van der Waals surface area contributed by atoms with Crippen molar-refractivity contribution in [3.8, 4) is 0 Å². The van der Waals surface area contributed by atoms with Crippen LogP contribution in [-0.4, -0.2) is 16.8 Å². The van der Waals surface area contributed by atoms with Crippen LogP contribution in [0.25, 0.3) is 0 Å². The summed E-state index contributed by atoms with van der Waals surface area (Å²) in [5.74, 6) is 1.10. The Bertz CT molecular complexity index is 569. The van der Waals surface area contributed by atoms with Gasteiger partial charge in [-0.3, -0.25) is 4.68 Å². The molecule has 2 N–H and O–H groups in total. The minimum Gasteiger partial charge on any atom is -0.355 e. The van der Waals surface area contributed by atoms with E-state index in [1.807, 2.05) is 18.7 Å². The lowest BCUT2D eigenvalue weighted by Crippen LogP contribution is -2.21. The summed E-state index contributed by atoms with van der Waals surface area (Å²) >= 11 is 0. The van der Waals surface area contributed by atoms with Crippen molar-refractivity contribution >= 4 is 5.82 Å². The summed E-state index contributed by atoms with van der Waals surface area (Å²) in [6.07, 6.45) is 1.08. The fourth-order valence-corrected chi connectivity index (χ4v) is 2.64. The topological polar surface area (TPSA) is 47.1 Å². The molecule has 0 unspecified atom stereocenters. The Kier molecular flexibility index (Phi) is 4.45. The first kappa shape index (κ1) is 14.6. The molecule has 0 aliphatic carbocycles. The van der Waals surface area contributed by atoms with Crippen LogP contribution in [0, 0.1) is 6.92 Å². The molecule has 0 spiro atoms. The molecule has 4 nitrogen and oxygen atoms in total. The smallest absolute Gasteiger partial charge is 0.131 e. The molecule has 0 radical (unpaired) electrons. The van der Waals surface area contributed by atoms with Crippen LogP contribution in [0.4, 0.5) is 5.82 Å². The van der Waals surface area contributed by atoms with E-state index >= 15 is 0 Å². The third-order valence-electron chi connectivity index (χ3n) is 3.73. The van der Waals surface area contributed by atoms with Crippen LogP contribution in [0.5, 0.6) is 0 Å². The van der Waals surface area contributed by atoms with Crippen molar-refractivity contribution in [3.63, 3.8) is 0 Å². The maximum atomic E-state index is 5.85. The van der Waals surface area contributed by atoms with Gasteiger partial charge in [-0.25, -0.2) is 0 Å². The SMILES string of the molecule is CCc1ccc(CN(C)c2c(CN)c(C)nn2C)cc1. The molecule has 0 atom stereocenters. The van der Waals surface area contributed by atoms with E-state index in [0.29, 0.717) is 6.54 Å². The van der Waals surface area contributed by atoms with Crippen LogP contribution in [-0.2, 0) is 26.6 Å². The Morgan fingerprint density at radius 2 is 1.80 bits per heavy atom. The Morgan fingerprint density at radius 1 is 1.20 bits per heavy atom. The van der Waals surface area contributed by atoms with Crippen LogP contribution in [0.15, 0.2) is 24.3 Å². The molecule has 1 heterocycles.